The van der Waals surface area contributed by atoms with E-state index in [1.54, 1.807) is 6.92 Å². The first-order valence-corrected chi connectivity index (χ1v) is 5.46. The predicted molar refractivity (Wildman–Crippen MR) is 62.0 cm³/mol. The minimum Gasteiger partial charge on any atom is -0.488 e. The largest absolute Gasteiger partial charge is 0.488 e. The number of hydrogen-bond acceptors (Lipinski definition) is 3. The zero-order chi connectivity index (χ0) is 13.5. The summed E-state index contributed by atoms with van der Waals surface area (Å²) in [5.41, 5.74) is 0.375. The van der Waals surface area contributed by atoms with E-state index in [4.69, 9.17) is 9.84 Å². The molecule has 1 atom stereocenters. The number of alkyl halides is 2. The van der Waals surface area contributed by atoms with Gasteiger partial charge in [0.2, 0.25) is 0 Å². The van der Waals surface area contributed by atoms with Crippen molar-refractivity contribution >= 4 is 5.91 Å². The molecule has 1 aromatic carbocycles. The molecule has 1 rings (SSSR count). The molecule has 6 heteroatoms. The van der Waals surface area contributed by atoms with Crippen LogP contribution in [0, 0.1) is 0 Å². The van der Waals surface area contributed by atoms with E-state index in [2.05, 4.69) is 5.32 Å². The van der Waals surface area contributed by atoms with Crippen LogP contribution >= 0.6 is 0 Å². The third-order valence-corrected chi connectivity index (χ3v) is 2.05. The van der Waals surface area contributed by atoms with Crippen molar-refractivity contribution in [1.29, 1.82) is 0 Å². The Morgan fingerprint density at radius 1 is 1.39 bits per heavy atom. The van der Waals surface area contributed by atoms with Crippen molar-refractivity contribution in [3.8, 4) is 5.75 Å². The molecule has 0 aliphatic carbocycles. The van der Waals surface area contributed by atoms with Crippen LogP contribution in [0.25, 0.3) is 0 Å². The zero-order valence-electron chi connectivity index (χ0n) is 9.90. The molecule has 0 radical (unpaired) electrons. The van der Waals surface area contributed by atoms with Crippen LogP contribution in [0.5, 0.6) is 5.75 Å². The summed E-state index contributed by atoms with van der Waals surface area (Å²) in [5.74, 6) is -0.0568. The molecule has 18 heavy (non-hydrogen) atoms. The summed E-state index contributed by atoms with van der Waals surface area (Å²) < 4.78 is 28.6. The highest BCUT2D eigenvalue weighted by Gasteiger charge is 2.07. The Kier molecular flexibility index (Phi) is 5.51. The van der Waals surface area contributed by atoms with Gasteiger partial charge in [0.05, 0.1) is 6.10 Å². The van der Waals surface area contributed by atoms with Crippen LogP contribution in [0.15, 0.2) is 24.3 Å². The van der Waals surface area contributed by atoms with Gasteiger partial charge in [-0.1, -0.05) is 0 Å². The minimum atomic E-state index is -2.53. The fourth-order valence-electron chi connectivity index (χ4n) is 1.20. The van der Waals surface area contributed by atoms with Crippen molar-refractivity contribution < 1.29 is 23.4 Å². The summed E-state index contributed by atoms with van der Waals surface area (Å²) in [6, 6.07) is 5.83. The Hall–Kier alpha value is -1.69. The lowest BCUT2D eigenvalue weighted by Gasteiger charge is -2.08. The molecule has 0 saturated heterocycles. The van der Waals surface area contributed by atoms with Crippen LogP contribution in [-0.4, -0.2) is 36.7 Å². The van der Waals surface area contributed by atoms with Gasteiger partial charge < -0.3 is 15.2 Å². The Balaban J connectivity index is 2.51. The summed E-state index contributed by atoms with van der Waals surface area (Å²) in [7, 11) is 0. The number of hydrogen-bond donors (Lipinski definition) is 2. The normalized spacial score (nSPS) is 12.3. The quantitative estimate of drug-likeness (QED) is 0.812. The summed E-state index contributed by atoms with van der Waals surface area (Å²) in [6.45, 7) is 1.04. The van der Waals surface area contributed by atoms with Gasteiger partial charge in [-0.15, -0.1) is 0 Å². The Bertz CT molecular complexity index is 379. The Morgan fingerprint density at radius 2 is 2.00 bits per heavy atom. The van der Waals surface area contributed by atoms with Crippen molar-refractivity contribution in [1.82, 2.24) is 5.32 Å². The van der Waals surface area contributed by atoms with Gasteiger partial charge in [0.15, 0.2) is 0 Å². The maximum Gasteiger partial charge on any atom is 0.272 e. The van der Waals surface area contributed by atoms with Crippen molar-refractivity contribution in [2.45, 2.75) is 19.5 Å². The first-order valence-electron chi connectivity index (χ1n) is 5.46. The van der Waals surface area contributed by atoms with Crippen molar-refractivity contribution in [2.75, 3.05) is 13.2 Å². The number of amides is 1. The topological polar surface area (TPSA) is 58.6 Å². The van der Waals surface area contributed by atoms with E-state index in [1.807, 2.05) is 0 Å². The number of carbonyl (C=O) groups is 1. The van der Waals surface area contributed by atoms with E-state index in [-0.39, 0.29) is 18.2 Å². The molecule has 2 N–H and O–H groups in total. The highest BCUT2D eigenvalue weighted by Crippen LogP contribution is 2.13. The first-order chi connectivity index (χ1) is 8.49. The monoisotopic (exact) mass is 259 g/mol. The average Bonchev–Trinajstić information content (AvgIpc) is 2.34. The number of nitrogens with one attached hydrogen (secondary N) is 1. The number of carbonyl (C=O) groups excluding carboxylic acids is 1. The average molecular weight is 259 g/mol. The third-order valence-electron chi connectivity index (χ3n) is 2.05. The van der Waals surface area contributed by atoms with Crippen LogP contribution in [0.1, 0.15) is 17.3 Å². The number of benzene rings is 1. The molecule has 0 bridgehead atoms. The maximum atomic E-state index is 11.9. The zero-order valence-corrected chi connectivity index (χ0v) is 9.90. The van der Waals surface area contributed by atoms with Gasteiger partial charge >= 0.3 is 0 Å². The SMILES string of the molecule is C[C@H](O)CNC(=O)c1ccc(OCC(F)F)cc1. The number of rotatable bonds is 6. The number of aliphatic hydroxyl groups excluding tert-OH is 1. The highest BCUT2D eigenvalue weighted by atomic mass is 19.3. The second-order valence-electron chi connectivity index (χ2n) is 3.79. The second kappa shape index (κ2) is 6.90. The Morgan fingerprint density at radius 3 is 2.50 bits per heavy atom. The number of halogens is 2. The first kappa shape index (κ1) is 14.4. The molecule has 0 aliphatic heterocycles. The van der Waals surface area contributed by atoms with E-state index < -0.39 is 19.1 Å². The van der Waals surface area contributed by atoms with Crippen LogP contribution in [0.2, 0.25) is 0 Å². The molecule has 0 fully saturated rings. The summed E-state index contributed by atoms with van der Waals surface area (Å²) in [6.07, 6.45) is -3.15. The highest BCUT2D eigenvalue weighted by molar-refractivity contribution is 5.94. The van der Waals surface area contributed by atoms with Crippen LogP contribution < -0.4 is 10.1 Å². The maximum absolute atomic E-state index is 11.9. The molecule has 4 nitrogen and oxygen atoms in total. The van der Waals surface area contributed by atoms with E-state index in [9.17, 15) is 13.6 Å². The van der Waals surface area contributed by atoms with Gasteiger partial charge in [0.1, 0.15) is 12.4 Å². The lowest BCUT2D eigenvalue weighted by molar-refractivity contribution is 0.0818. The van der Waals surface area contributed by atoms with Gasteiger partial charge in [-0.3, -0.25) is 4.79 Å². The molecule has 1 amide bonds. The molecule has 0 heterocycles. The summed E-state index contributed by atoms with van der Waals surface area (Å²) in [4.78, 5) is 11.5. The van der Waals surface area contributed by atoms with Crippen LogP contribution in [0.3, 0.4) is 0 Å². The summed E-state index contributed by atoms with van der Waals surface area (Å²) in [5, 5.41) is 11.5. The Labute approximate surface area is 104 Å². The second-order valence-corrected chi connectivity index (χ2v) is 3.79. The number of aliphatic hydroxyl groups is 1. The predicted octanol–water partition coefficient (Wildman–Crippen LogP) is 1.44. The van der Waals surface area contributed by atoms with Crippen molar-refractivity contribution in [2.24, 2.45) is 0 Å². The molecule has 0 aromatic heterocycles. The molecular formula is C12H15F2NO3. The molecule has 100 valence electrons. The fraction of sp³-hybridized carbons (Fsp3) is 0.417. The lowest BCUT2D eigenvalue weighted by atomic mass is 10.2. The van der Waals surface area contributed by atoms with Gasteiger partial charge in [-0.05, 0) is 31.2 Å². The van der Waals surface area contributed by atoms with E-state index in [1.165, 1.54) is 24.3 Å². The summed E-state index contributed by atoms with van der Waals surface area (Å²) >= 11 is 0. The lowest BCUT2D eigenvalue weighted by Crippen LogP contribution is -2.30. The van der Waals surface area contributed by atoms with Gasteiger partial charge in [-0.2, -0.15) is 0 Å². The van der Waals surface area contributed by atoms with Gasteiger partial charge in [0, 0.05) is 12.1 Å². The molecule has 1 aromatic rings. The van der Waals surface area contributed by atoms with Crippen molar-refractivity contribution in [3.05, 3.63) is 29.8 Å². The minimum absolute atomic E-state index is 0.155. The standard InChI is InChI=1S/C12H15F2NO3/c1-8(16)6-15-12(17)9-2-4-10(5-3-9)18-7-11(13)14/h2-5,8,11,16H,6-7H2,1H3,(H,15,17)/t8-/m0/s1. The van der Waals surface area contributed by atoms with E-state index in [0.29, 0.717) is 5.56 Å². The van der Waals surface area contributed by atoms with Crippen LogP contribution in [-0.2, 0) is 0 Å². The third kappa shape index (κ3) is 5.09. The fourth-order valence-corrected chi connectivity index (χ4v) is 1.20. The molecule has 0 aliphatic rings. The molecule has 0 spiro atoms. The molecule has 0 unspecified atom stereocenters. The van der Waals surface area contributed by atoms with Gasteiger partial charge in [-0.25, -0.2) is 8.78 Å². The smallest absolute Gasteiger partial charge is 0.272 e. The van der Waals surface area contributed by atoms with Crippen LogP contribution in [0.4, 0.5) is 8.78 Å². The molecular weight excluding hydrogens is 244 g/mol. The molecule has 0 saturated carbocycles. The van der Waals surface area contributed by atoms with E-state index in [0.717, 1.165) is 0 Å². The van der Waals surface area contributed by atoms with Crippen molar-refractivity contribution in [3.63, 3.8) is 0 Å². The number of ether oxygens (including phenoxy) is 1. The van der Waals surface area contributed by atoms with E-state index >= 15 is 0 Å². The van der Waals surface area contributed by atoms with Gasteiger partial charge in [0.25, 0.3) is 12.3 Å².